The minimum absolute atomic E-state index is 0.144. The Hall–Kier alpha value is -2.96. The van der Waals surface area contributed by atoms with Gasteiger partial charge in [0.2, 0.25) is 0 Å². The van der Waals surface area contributed by atoms with Crippen LogP contribution in [0.25, 0.3) is 11.4 Å². The van der Waals surface area contributed by atoms with E-state index < -0.39 is 0 Å². The van der Waals surface area contributed by atoms with Gasteiger partial charge in [-0.05, 0) is 12.1 Å². The fraction of sp³-hybridized carbons (Fsp3) is 0.250. The van der Waals surface area contributed by atoms with Gasteiger partial charge >= 0.3 is 5.97 Å². The van der Waals surface area contributed by atoms with Crippen molar-refractivity contribution in [2.24, 2.45) is 7.05 Å². The van der Waals surface area contributed by atoms with E-state index in [0.717, 1.165) is 17.8 Å². The third-order valence-electron chi connectivity index (χ3n) is 3.50. The number of esters is 1. The van der Waals surface area contributed by atoms with Gasteiger partial charge in [0, 0.05) is 31.4 Å². The van der Waals surface area contributed by atoms with Crippen LogP contribution in [0.3, 0.4) is 0 Å². The number of carbonyl (C=O) groups is 1. The lowest BCUT2D eigenvalue weighted by atomic mass is 10.1. The highest BCUT2D eigenvalue weighted by molar-refractivity contribution is 5.89. The predicted molar refractivity (Wildman–Crippen MR) is 83.5 cm³/mol. The van der Waals surface area contributed by atoms with Crippen LogP contribution in [0, 0.1) is 0 Å². The normalized spacial score (nSPS) is 10.7. The number of carbonyl (C=O) groups excluding carboxylic acids is 1. The van der Waals surface area contributed by atoms with Crippen LogP contribution in [0.4, 0.5) is 0 Å². The standard InChI is InChI=1S/C16H17N5O2/c1-3-13-18-15(20-19-13)11-4-6-12(7-5-11)16(22)23-10-14-17-8-9-21(14)2/h4-9H,3,10H2,1-2H3,(H,18,19,20). The molecule has 118 valence electrons. The van der Waals surface area contributed by atoms with Crippen molar-refractivity contribution in [3.8, 4) is 11.4 Å². The summed E-state index contributed by atoms with van der Waals surface area (Å²) < 4.78 is 7.07. The van der Waals surface area contributed by atoms with E-state index >= 15 is 0 Å². The summed E-state index contributed by atoms with van der Waals surface area (Å²) in [6.45, 7) is 2.15. The van der Waals surface area contributed by atoms with Gasteiger partial charge in [-0.15, -0.1) is 0 Å². The maximum atomic E-state index is 12.1. The van der Waals surface area contributed by atoms with Crippen molar-refractivity contribution < 1.29 is 9.53 Å². The molecule has 0 bridgehead atoms. The second kappa shape index (κ2) is 6.43. The summed E-state index contributed by atoms with van der Waals surface area (Å²) in [5.41, 5.74) is 1.33. The molecule has 2 heterocycles. The number of ether oxygens (including phenoxy) is 1. The molecule has 0 saturated heterocycles. The Labute approximate surface area is 133 Å². The number of nitrogens with zero attached hydrogens (tertiary/aromatic N) is 4. The summed E-state index contributed by atoms with van der Waals surface area (Å²) >= 11 is 0. The number of aryl methyl sites for hydroxylation is 2. The number of rotatable bonds is 5. The first-order valence-corrected chi connectivity index (χ1v) is 7.32. The first kappa shape index (κ1) is 15.0. The third kappa shape index (κ3) is 3.28. The first-order valence-electron chi connectivity index (χ1n) is 7.32. The zero-order valence-electron chi connectivity index (χ0n) is 13.0. The van der Waals surface area contributed by atoms with E-state index in [4.69, 9.17) is 4.74 Å². The molecule has 0 aliphatic rings. The highest BCUT2D eigenvalue weighted by Gasteiger charge is 2.11. The molecule has 1 N–H and O–H groups in total. The Morgan fingerprint density at radius 3 is 2.70 bits per heavy atom. The van der Waals surface area contributed by atoms with Crippen LogP contribution < -0.4 is 0 Å². The Bertz CT molecular complexity index is 804. The van der Waals surface area contributed by atoms with Gasteiger partial charge in [-0.1, -0.05) is 19.1 Å². The van der Waals surface area contributed by atoms with Crippen molar-refractivity contribution in [1.29, 1.82) is 0 Å². The van der Waals surface area contributed by atoms with Crippen molar-refractivity contribution in [2.75, 3.05) is 0 Å². The van der Waals surface area contributed by atoms with Gasteiger partial charge in [-0.25, -0.2) is 14.8 Å². The quantitative estimate of drug-likeness (QED) is 0.729. The number of benzene rings is 1. The Morgan fingerprint density at radius 2 is 2.09 bits per heavy atom. The van der Waals surface area contributed by atoms with E-state index in [9.17, 15) is 4.79 Å². The lowest BCUT2D eigenvalue weighted by Gasteiger charge is -2.05. The Balaban J connectivity index is 1.66. The van der Waals surface area contributed by atoms with Crippen LogP contribution in [-0.4, -0.2) is 30.7 Å². The molecule has 7 nitrogen and oxygen atoms in total. The average molecular weight is 311 g/mol. The van der Waals surface area contributed by atoms with Crippen LogP contribution in [0.2, 0.25) is 0 Å². The maximum absolute atomic E-state index is 12.1. The number of imidazole rings is 1. The molecule has 0 amide bonds. The van der Waals surface area contributed by atoms with E-state index in [1.807, 2.05) is 18.5 Å². The van der Waals surface area contributed by atoms with E-state index in [1.165, 1.54) is 0 Å². The van der Waals surface area contributed by atoms with Crippen LogP contribution >= 0.6 is 0 Å². The van der Waals surface area contributed by atoms with E-state index in [-0.39, 0.29) is 12.6 Å². The van der Waals surface area contributed by atoms with Crippen molar-refractivity contribution in [2.45, 2.75) is 20.0 Å². The second-order valence-corrected chi connectivity index (χ2v) is 5.07. The number of H-pyrrole nitrogens is 1. The first-order chi connectivity index (χ1) is 11.2. The molecule has 7 heteroatoms. The molecule has 23 heavy (non-hydrogen) atoms. The fourth-order valence-electron chi connectivity index (χ4n) is 2.09. The molecule has 3 aromatic rings. The number of aromatic nitrogens is 5. The van der Waals surface area contributed by atoms with Gasteiger partial charge < -0.3 is 9.30 Å². The monoisotopic (exact) mass is 311 g/mol. The van der Waals surface area contributed by atoms with Crippen LogP contribution in [0.15, 0.2) is 36.7 Å². The minimum Gasteiger partial charge on any atom is -0.454 e. The summed E-state index contributed by atoms with van der Waals surface area (Å²) in [6.07, 6.45) is 4.27. The molecule has 3 rings (SSSR count). The van der Waals surface area contributed by atoms with Gasteiger partial charge in [-0.3, -0.25) is 5.10 Å². The van der Waals surface area contributed by atoms with Crippen molar-refractivity contribution in [3.63, 3.8) is 0 Å². The van der Waals surface area contributed by atoms with Crippen LogP contribution in [-0.2, 0) is 24.8 Å². The zero-order chi connectivity index (χ0) is 16.2. The zero-order valence-corrected chi connectivity index (χ0v) is 13.0. The number of hydrogen-bond donors (Lipinski definition) is 1. The molecular weight excluding hydrogens is 294 g/mol. The van der Waals surface area contributed by atoms with E-state index in [0.29, 0.717) is 17.2 Å². The summed E-state index contributed by atoms with van der Waals surface area (Å²) in [7, 11) is 1.85. The molecule has 0 saturated carbocycles. The molecule has 1 aromatic carbocycles. The van der Waals surface area contributed by atoms with Crippen molar-refractivity contribution in [1.82, 2.24) is 24.7 Å². The van der Waals surface area contributed by atoms with Crippen LogP contribution in [0.1, 0.15) is 28.9 Å². The molecule has 0 atom stereocenters. The molecule has 0 radical (unpaired) electrons. The second-order valence-electron chi connectivity index (χ2n) is 5.07. The topological polar surface area (TPSA) is 85.7 Å². The van der Waals surface area contributed by atoms with Crippen LogP contribution in [0.5, 0.6) is 0 Å². The molecule has 0 aliphatic heterocycles. The van der Waals surface area contributed by atoms with E-state index in [2.05, 4.69) is 20.2 Å². The summed E-state index contributed by atoms with van der Waals surface area (Å²) in [5.74, 6) is 1.76. The summed E-state index contributed by atoms with van der Waals surface area (Å²) in [4.78, 5) is 20.5. The molecule has 0 spiro atoms. The number of aromatic amines is 1. The molecule has 0 fully saturated rings. The minimum atomic E-state index is -0.385. The smallest absolute Gasteiger partial charge is 0.338 e. The average Bonchev–Trinajstić information content (AvgIpc) is 3.21. The van der Waals surface area contributed by atoms with E-state index in [1.54, 1.807) is 36.7 Å². The molecule has 2 aromatic heterocycles. The van der Waals surface area contributed by atoms with Crippen molar-refractivity contribution >= 4 is 5.97 Å². The summed E-state index contributed by atoms with van der Waals surface area (Å²) in [5, 5.41) is 7.02. The maximum Gasteiger partial charge on any atom is 0.338 e. The largest absolute Gasteiger partial charge is 0.454 e. The van der Waals surface area contributed by atoms with Gasteiger partial charge in [0.15, 0.2) is 5.82 Å². The molecule has 0 unspecified atom stereocenters. The molecular formula is C16H17N5O2. The number of nitrogens with one attached hydrogen (secondary N) is 1. The van der Waals surface area contributed by atoms with Gasteiger partial charge in [-0.2, -0.15) is 5.10 Å². The number of hydrogen-bond acceptors (Lipinski definition) is 5. The van der Waals surface area contributed by atoms with Gasteiger partial charge in [0.1, 0.15) is 18.3 Å². The Kier molecular flexibility index (Phi) is 4.18. The van der Waals surface area contributed by atoms with Gasteiger partial charge in [0.05, 0.1) is 5.56 Å². The lowest BCUT2D eigenvalue weighted by molar-refractivity contribution is 0.0459. The summed E-state index contributed by atoms with van der Waals surface area (Å²) in [6, 6.07) is 7.02. The SMILES string of the molecule is CCc1nc(-c2ccc(C(=O)OCc3nccn3C)cc2)n[nH]1. The molecule has 0 aliphatic carbocycles. The van der Waals surface area contributed by atoms with Gasteiger partial charge in [0.25, 0.3) is 0 Å². The highest BCUT2D eigenvalue weighted by atomic mass is 16.5. The predicted octanol–water partition coefficient (Wildman–Crippen LogP) is 2.12. The lowest BCUT2D eigenvalue weighted by Crippen LogP contribution is -2.08. The third-order valence-corrected chi connectivity index (χ3v) is 3.50. The van der Waals surface area contributed by atoms with Crippen molar-refractivity contribution in [3.05, 3.63) is 53.9 Å². The Morgan fingerprint density at radius 1 is 1.30 bits per heavy atom. The fourth-order valence-corrected chi connectivity index (χ4v) is 2.09. The highest BCUT2D eigenvalue weighted by Crippen LogP contribution is 2.16.